The van der Waals surface area contributed by atoms with Crippen LogP contribution >= 0.6 is 0 Å². The molecule has 0 atom stereocenters. The number of carbonyl (C=O) groups excluding carboxylic acids is 1. The van der Waals surface area contributed by atoms with Crippen molar-refractivity contribution in [3.05, 3.63) is 101 Å². The van der Waals surface area contributed by atoms with E-state index in [0.717, 1.165) is 22.7 Å². The molecule has 29 heavy (non-hydrogen) atoms. The molecule has 0 bridgehead atoms. The summed E-state index contributed by atoms with van der Waals surface area (Å²) in [6, 6.07) is 32.2. The molecule has 0 aliphatic rings. The van der Waals surface area contributed by atoms with E-state index in [9.17, 15) is 4.79 Å². The fourth-order valence-corrected chi connectivity index (χ4v) is 17.6. The molecule has 3 aromatic rings. The Hall–Kier alpha value is -2.13. The number of hydrogen-bond acceptors (Lipinski definition) is 1. The van der Waals surface area contributed by atoms with E-state index in [2.05, 4.69) is 104 Å². The molecule has 3 aromatic carbocycles. The fourth-order valence-electron chi connectivity index (χ4n) is 4.18. The van der Waals surface area contributed by atoms with Gasteiger partial charge in [0.2, 0.25) is 0 Å². The van der Waals surface area contributed by atoms with E-state index in [-0.39, 0.29) is 0 Å². The van der Waals surface area contributed by atoms with Crippen molar-refractivity contribution in [3.63, 3.8) is 0 Å². The first-order valence-corrected chi connectivity index (χ1v) is 16.4. The third-order valence-electron chi connectivity index (χ3n) is 5.60. The number of hydrogen-bond donors (Lipinski definition) is 0. The van der Waals surface area contributed by atoms with Gasteiger partial charge in [-0.2, -0.15) is 0 Å². The number of rotatable bonds is 10. The van der Waals surface area contributed by atoms with Crippen molar-refractivity contribution < 1.29 is 4.79 Å². The molecule has 0 heterocycles. The van der Waals surface area contributed by atoms with E-state index in [0.29, 0.717) is 0 Å². The van der Waals surface area contributed by atoms with Crippen LogP contribution in [0.3, 0.4) is 0 Å². The Kier molecular flexibility index (Phi) is 8.30. The Labute approximate surface area is 179 Å². The molecule has 0 aliphatic heterocycles. The predicted molar refractivity (Wildman–Crippen MR) is 127 cm³/mol. The summed E-state index contributed by atoms with van der Waals surface area (Å²) < 4.78 is 5.00. The average molecular weight is 489 g/mol. The van der Waals surface area contributed by atoms with E-state index < -0.39 is 18.4 Å². The first kappa shape index (κ1) is 21.6. The molecule has 0 aliphatic carbocycles. The summed E-state index contributed by atoms with van der Waals surface area (Å²) in [6.07, 6.45) is 9.24. The van der Waals surface area contributed by atoms with Gasteiger partial charge in [0.05, 0.1) is 0 Å². The molecule has 0 aromatic heterocycles. The molecule has 0 fully saturated rings. The van der Waals surface area contributed by atoms with Gasteiger partial charge in [0.15, 0.2) is 0 Å². The maximum absolute atomic E-state index is 12.6. The first-order chi connectivity index (χ1) is 14.3. The molecule has 0 saturated carbocycles. The molecular weight excluding hydrogens is 459 g/mol. The Morgan fingerprint density at radius 2 is 1.14 bits per heavy atom. The normalized spacial score (nSPS) is 12.0. The van der Waals surface area contributed by atoms with Gasteiger partial charge in [-0.25, -0.2) is 0 Å². The monoisotopic (exact) mass is 490 g/mol. The van der Waals surface area contributed by atoms with Crippen LogP contribution in [0.5, 0.6) is 0 Å². The van der Waals surface area contributed by atoms with Gasteiger partial charge in [-0.1, -0.05) is 0 Å². The van der Waals surface area contributed by atoms with Gasteiger partial charge in [0, 0.05) is 0 Å². The van der Waals surface area contributed by atoms with Gasteiger partial charge in [0.25, 0.3) is 0 Å². The second-order valence-corrected chi connectivity index (χ2v) is 18.3. The molecule has 3 rings (SSSR count). The summed E-state index contributed by atoms with van der Waals surface area (Å²) >= 11 is -3.66. The Balaban J connectivity index is 2.21. The summed E-state index contributed by atoms with van der Waals surface area (Å²) in [5.74, 6) is 0. The Bertz CT molecular complexity index is 804. The summed E-state index contributed by atoms with van der Waals surface area (Å²) in [5.41, 5.74) is 0. The van der Waals surface area contributed by atoms with Crippen molar-refractivity contribution in [2.45, 2.75) is 39.0 Å². The molecule has 148 valence electrons. The summed E-state index contributed by atoms with van der Waals surface area (Å²) in [4.78, 5) is 12.6. The van der Waals surface area contributed by atoms with Crippen molar-refractivity contribution in [1.29, 1.82) is 0 Å². The van der Waals surface area contributed by atoms with E-state index >= 15 is 0 Å². The molecule has 0 amide bonds. The second-order valence-electron chi connectivity index (χ2n) is 7.47. The molecule has 0 unspecified atom stereocenters. The van der Waals surface area contributed by atoms with E-state index in [4.69, 9.17) is 0 Å². The number of aldehydes is 1. The Morgan fingerprint density at radius 3 is 1.52 bits per heavy atom. The van der Waals surface area contributed by atoms with E-state index in [1.54, 1.807) is 0 Å². The van der Waals surface area contributed by atoms with Crippen LogP contribution in [0.4, 0.5) is 0 Å². The zero-order valence-corrected chi connectivity index (χ0v) is 20.1. The minimum atomic E-state index is -3.66. The number of benzene rings is 3. The van der Waals surface area contributed by atoms with Crippen LogP contribution in [0.25, 0.3) is 0 Å². The van der Waals surface area contributed by atoms with Crippen molar-refractivity contribution >= 4 is 35.4 Å². The standard InChI is InChI=1S/C9H15O.3C6H5.Sn/c1-2-3-4-5-6-7-8-9-10;3*1-2-4-6-5-3-1;/h7,9H,2-6H2,1H3;3*1-5H;. The third kappa shape index (κ3) is 4.90. The van der Waals surface area contributed by atoms with Crippen molar-refractivity contribution in [2.24, 2.45) is 0 Å². The molecule has 0 radical (unpaired) electrons. The van der Waals surface area contributed by atoms with Gasteiger partial charge < -0.3 is 0 Å². The van der Waals surface area contributed by atoms with Crippen molar-refractivity contribution in [3.8, 4) is 0 Å². The fraction of sp³-hybridized carbons (Fsp3) is 0.222. The van der Waals surface area contributed by atoms with Gasteiger partial charge in [-0.05, 0) is 0 Å². The van der Waals surface area contributed by atoms with Crippen LogP contribution in [-0.4, -0.2) is 24.7 Å². The quantitative estimate of drug-likeness (QED) is 0.173. The zero-order valence-electron chi connectivity index (χ0n) is 17.3. The summed E-state index contributed by atoms with van der Waals surface area (Å²) in [7, 11) is 0. The van der Waals surface area contributed by atoms with Crippen LogP contribution in [0.2, 0.25) is 0 Å². The molecule has 2 heteroatoms. The number of carbonyl (C=O) groups is 1. The zero-order chi connectivity index (χ0) is 20.4. The minimum absolute atomic E-state index is 0.971. The summed E-state index contributed by atoms with van der Waals surface area (Å²) in [5, 5.41) is 0. The number of allylic oxidation sites excluding steroid dienone is 2. The van der Waals surface area contributed by atoms with Gasteiger partial charge in [-0.3, -0.25) is 0 Å². The van der Waals surface area contributed by atoms with Gasteiger partial charge in [-0.15, -0.1) is 0 Å². The molecule has 0 saturated heterocycles. The first-order valence-electron chi connectivity index (χ1n) is 10.7. The maximum atomic E-state index is 12.6. The van der Waals surface area contributed by atoms with Crippen LogP contribution in [-0.2, 0) is 4.79 Å². The predicted octanol–water partition coefficient (Wildman–Crippen LogP) is 4.79. The molecular formula is C27H30OSn. The van der Waals surface area contributed by atoms with Crippen molar-refractivity contribution in [2.75, 3.05) is 0 Å². The van der Waals surface area contributed by atoms with Crippen LogP contribution in [0, 0.1) is 0 Å². The van der Waals surface area contributed by atoms with Crippen LogP contribution in [0.1, 0.15) is 39.0 Å². The molecule has 0 N–H and O–H groups in total. The SMILES string of the molecule is CCCCCC/C=[C](/C=O)[Sn]([c]1ccccc1)([c]1ccccc1)[c]1ccccc1. The van der Waals surface area contributed by atoms with E-state index in [1.807, 2.05) is 0 Å². The van der Waals surface area contributed by atoms with Crippen LogP contribution < -0.4 is 10.7 Å². The van der Waals surface area contributed by atoms with Gasteiger partial charge >= 0.3 is 180 Å². The second kappa shape index (κ2) is 11.2. The van der Waals surface area contributed by atoms with E-state index in [1.165, 1.54) is 30.0 Å². The topological polar surface area (TPSA) is 17.1 Å². The average Bonchev–Trinajstić information content (AvgIpc) is 2.80. The van der Waals surface area contributed by atoms with Crippen LogP contribution in [0.15, 0.2) is 101 Å². The Morgan fingerprint density at radius 1 is 0.690 bits per heavy atom. The van der Waals surface area contributed by atoms with Crippen molar-refractivity contribution in [1.82, 2.24) is 0 Å². The van der Waals surface area contributed by atoms with Gasteiger partial charge in [0.1, 0.15) is 0 Å². The molecule has 0 spiro atoms. The summed E-state index contributed by atoms with van der Waals surface area (Å²) in [6.45, 7) is 2.23. The number of unbranched alkanes of at least 4 members (excludes halogenated alkanes) is 4. The molecule has 1 nitrogen and oxygen atoms in total. The third-order valence-corrected chi connectivity index (χ3v) is 19.3.